The number of aromatic nitrogens is 2. The number of fused-ring (bicyclic) bond motifs is 1. The zero-order chi connectivity index (χ0) is 19.5. The summed E-state index contributed by atoms with van der Waals surface area (Å²) in [6.07, 6.45) is 3.36. The van der Waals surface area contributed by atoms with Gasteiger partial charge in [-0.2, -0.15) is 0 Å². The standard InChI is InChI=1S/C21H16FN3O2S/c1-27-12-14-19-15(22)5-4-7-17(19)28-20(14)21(26)25-18-9-8-13(11-24-18)16-6-2-3-10-23-16/h2-11H,12H2,1H3,(H,24,25,26). The summed E-state index contributed by atoms with van der Waals surface area (Å²) in [5.41, 5.74) is 2.20. The number of carbonyl (C=O) groups excluding carboxylic acids is 1. The van der Waals surface area contributed by atoms with Gasteiger partial charge in [-0.15, -0.1) is 11.3 Å². The van der Waals surface area contributed by atoms with E-state index in [2.05, 4.69) is 15.3 Å². The van der Waals surface area contributed by atoms with E-state index in [1.807, 2.05) is 24.3 Å². The number of ether oxygens (including phenoxy) is 1. The number of carbonyl (C=O) groups is 1. The lowest BCUT2D eigenvalue weighted by Gasteiger charge is -2.07. The quantitative estimate of drug-likeness (QED) is 0.524. The molecule has 28 heavy (non-hydrogen) atoms. The number of hydrogen-bond acceptors (Lipinski definition) is 5. The molecule has 0 atom stereocenters. The minimum Gasteiger partial charge on any atom is -0.380 e. The van der Waals surface area contributed by atoms with Crippen LogP contribution in [0.15, 0.2) is 60.9 Å². The van der Waals surface area contributed by atoms with Crippen molar-refractivity contribution >= 4 is 33.1 Å². The van der Waals surface area contributed by atoms with E-state index >= 15 is 0 Å². The summed E-state index contributed by atoms with van der Waals surface area (Å²) in [6.45, 7) is 0.149. The topological polar surface area (TPSA) is 64.1 Å². The summed E-state index contributed by atoms with van der Waals surface area (Å²) in [6, 6.07) is 14.0. The van der Waals surface area contributed by atoms with Crippen LogP contribution in [0.4, 0.5) is 10.2 Å². The predicted molar refractivity (Wildman–Crippen MR) is 108 cm³/mol. The Kier molecular flexibility index (Phi) is 5.10. The highest BCUT2D eigenvalue weighted by molar-refractivity contribution is 7.21. The molecule has 4 rings (SSSR count). The van der Waals surface area contributed by atoms with Gasteiger partial charge in [0.05, 0.1) is 17.2 Å². The van der Waals surface area contributed by atoms with Crippen LogP contribution in [0.25, 0.3) is 21.3 Å². The number of anilines is 1. The van der Waals surface area contributed by atoms with E-state index in [1.54, 1.807) is 30.6 Å². The smallest absolute Gasteiger partial charge is 0.267 e. The Morgan fingerprint density at radius 2 is 2.04 bits per heavy atom. The first kappa shape index (κ1) is 18.2. The summed E-state index contributed by atoms with van der Waals surface area (Å²) < 4.78 is 20.2. The molecule has 0 bridgehead atoms. The summed E-state index contributed by atoms with van der Waals surface area (Å²) in [5, 5.41) is 3.21. The van der Waals surface area contributed by atoms with Crippen LogP contribution in [0.2, 0.25) is 0 Å². The highest BCUT2D eigenvalue weighted by Gasteiger charge is 2.21. The maximum atomic E-state index is 14.3. The molecule has 4 aromatic rings. The van der Waals surface area contributed by atoms with Crippen LogP contribution in [0.3, 0.4) is 0 Å². The number of nitrogens with zero attached hydrogens (tertiary/aromatic N) is 2. The van der Waals surface area contributed by atoms with Gasteiger partial charge in [0.1, 0.15) is 11.6 Å². The van der Waals surface area contributed by atoms with E-state index in [0.29, 0.717) is 26.3 Å². The molecular formula is C21H16FN3O2S. The summed E-state index contributed by atoms with van der Waals surface area (Å²) in [5.74, 6) is -0.297. The van der Waals surface area contributed by atoms with Crippen molar-refractivity contribution in [1.29, 1.82) is 0 Å². The molecule has 140 valence electrons. The van der Waals surface area contributed by atoms with Gasteiger partial charge in [-0.25, -0.2) is 9.37 Å². The predicted octanol–water partition coefficient (Wildman–Crippen LogP) is 4.90. The number of rotatable bonds is 5. The Hall–Kier alpha value is -3.16. The Morgan fingerprint density at radius 3 is 2.75 bits per heavy atom. The van der Waals surface area contributed by atoms with E-state index in [9.17, 15) is 9.18 Å². The van der Waals surface area contributed by atoms with E-state index in [-0.39, 0.29) is 18.3 Å². The molecule has 5 nitrogen and oxygen atoms in total. The van der Waals surface area contributed by atoms with Crippen LogP contribution in [-0.2, 0) is 11.3 Å². The van der Waals surface area contributed by atoms with E-state index < -0.39 is 0 Å². The van der Waals surface area contributed by atoms with Crippen molar-refractivity contribution in [3.63, 3.8) is 0 Å². The first-order valence-corrected chi connectivity index (χ1v) is 9.36. The molecule has 1 aromatic carbocycles. The Labute approximate surface area is 164 Å². The number of benzene rings is 1. The lowest BCUT2D eigenvalue weighted by atomic mass is 10.1. The van der Waals surface area contributed by atoms with Crippen LogP contribution >= 0.6 is 11.3 Å². The summed E-state index contributed by atoms with van der Waals surface area (Å²) in [4.78, 5) is 21.8. The summed E-state index contributed by atoms with van der Waals surface area (Å²) >= 11 is 1.24. The number of thiophene rings is 1. The van der Waals surface area contributed by atoms with E-state index in [4.69, 9.17) is 4.74 Å². The molecule has 1 N–H and O–H groups in total. The molecule has 0 saturated heterocycles. The first-order valence-electron chi connectivity index (χ1n) is 8.55. The van der Waals surface area contributed by atoms with Crippen LogP contribution in [0.1, 0.15) is 15.2 Å². The monoisotopic (exact) mass is 393 g/mol. The third-order valence-corrected chi connectivity index (χ3v) is 5.42. The van der Waals surface area contributed by atoms with Crippen LogP contribution in [-0.4, -0.2) is 23.0 Å². The third-order valence-electron chi connectivity index (χ3n) is 4.22. The molecule has 0 aliphatic carbocycles. The minimum atomic E-state index is -0.363. The number of halogens is 1. The van der Waals surface area contributed by atoms with Crippen LogP contribution in [0, 0.1) is 5.82 Å². The minimum absolute atomic E-state index is 0.149. The molecule has 0 fully saturated rings. The molecule has 0 aliphatic heterocycles. The highest BCUT2D eigenvalue weighted by atomic mass is 32.1. The summed E-state index contributed by atoms with van der Waals surface area (Å²) in [7, 11) is 1.52. The zero-order valence-electron chi connectivity index (χ0n) is 15.0. The van der Waals surface area contributed by atoms with Gasteiger partial charge in [0, 0.05) is 40.7 Å². The van der Waals surface area contributed by atoms with Crippen molar-refractivity contribution in [1.82, 2.24) is 9.97 Å². The van der Waals surface area contributed by atoms with Gasteiger partial charge in [-0.05, 0) is 36.4 Å². The number of hydrogen-bond donors (Lipinski definition) is 1. The maximum absolute atomic E-state index is 14.3. The van der Waals surface area contributed by atoms with Crippen molar-refractivity contribution < 1.29 is 13.9 Å². The Bertz CT molecular complexity index is 1130. The Morgan fingerprint density at radius 1 is 1.14 bits per heavy atom. The van der Waals surface area contributed by atoms with Gasteiger partial charge in [-0.3, -0.25) is 9.78 Å². The molecule has 3 heterocycles. The largest absolute Gasteiger partial charge is 0.380 e. The van der Waals surface area contributed by atoms with Gasteiger partial charge in [0.25, 0.3) is 5.91 Å². The molecule has 0 radical (unpaired) electrons. The molecule has 3 aromatic heterocycles. The lowest BCUT2D eigenvalue weighted by Crippen LogP contribution is -2.13. The number of methoxy groups -OCH3 is 1. The SMILES string of the molecule is COCc1c(C(=O)Nc2ccc(-c3ccccn3)cn2)sc2cccc(F)c12. The van der Waals surface area contributed by atoms with E-state index in [1.165, 1.54) is 24.5 Å². The Balaban J connectivity index is 1.62. The second-order valence-corrected chi connectivity index (χ2v) is 7.11. The third kappa shape index (κ3) is 3.49. The molecule has 0 spiro atoms. The van der Waals surface area contributed by atoms with Gasteiger partial charge in [-0.1, -0.05) is 12.1 Å². The van der Waals surface area contributed by atoms with Crippen molar-refractivity contribution in [2.45, 2.75) is 6.61 Å². The normalized spacial score (nSPS) is 10.9. The molecule has 0 saturated carbocycles. The number of amides is 1. The van der Waals surface area contributed by atoms with Gasteiger partial charge >= 0.3 is 0 Å². The average molecular weight is 393 g/mol. The fraction of sp³-hybridized carbons (Fsp3) is 0.0952. The second-order valence-electron chi connectivity index (χ2n) is 6.06. The van der Waals surface area contributed by atoms with Crippen LogP contribution < -0.4 is 5.32 Å². The average Bonchev–Trinajstić information content (AvgIpc) is 3.09. The molecule has 7 heteroatoms. The van der Waals surface area contributed by atoms with E-state index in [0.717, 1.165) is 11.3 Å². The van der Waals surface area contributed by atoms with Crippen molar-refractivity contribution in [2.75, 3.05) is 12.4 Å². The zero-order valence-corrected chi connectivity index (χ0v) is 15.8. The molecule has 0 aliphatic rings. The second kappa shape index (κ2) is 7.84. The lowest BCUT2D eigenvalue weighted by molar-refractivity contribution is 0.102. The molecule has 1 amide bonds. The van der Waals surface area contributed by atoms with Crippen molar-refractivity contribution in [3.05, 3.63) is 77.2 Å². The fourth-order valence-electron chi connectivity index (χ4n) is 2.96. The first-order chi connectivity index (χ1) is 13.7. The number of pyridine rings is 2. The maximum Gasteiger partial charge on any atom is 0.267 e. The molecule has 0 unspecified atom stereocenters. The molecular weight excluding hydrogens is 377 g/mol. The van der Waals surface area contributed by atoms with Crippen molar-refractivity contribution in [2.24, 2.45) is 0 Å². The fourth-order valence-corrected chi connectivity index (χ4v) is 4.08. The van der Waals surface area contributed by atoms with Gasteiger partial charge in [0.2, 0.25) is 0 Å². The van der Waals surface area contributed by atoms with Gasteiger partial charge < -0.3 is 10.1 Å². The highest BCUT2D eigenvalue weighted by Crippen LogP contribution is 2.34. The van der Waals surface area contributed by atoms with Crippen LogP contribution in [0.5, 0.6) is 0 Å². The van der Waals surface area contributed by atoms with Crippen molar-refractivity contribution in [3.8, 4) is 11.3 Å². The number of nitrogens with one attached hydrogen (secondary N) is 1. The van der Waals surface area contributed by atoms with Gasteiger partial charge in [0.15, 0.2) is 0 Å².